The second-order valence-corrected chi connectivity index (χ2v) is 4.74. The first-order valence-corrected chi connectivity index (χ1v) is 6.68. The van der Waals surface area contributed by atoms with Crippen LogP contribution in [0.3, 0.4) is 0 Å². The number of halogens is 1. The number of carbonyl (C=O) groups is 2. The topological polar surface area (TPSA) is 67.4 Å². The molecule has 2 N–H and O–H groups in total. The van der Waals surface area contributed by atoms with E-state index in [4.69, 9.17) is 4.74 Å². The summed E-state index contributed by atoms with van der Waals surface area (Å²) in [6.45, 7) is 0.874. The Labute approximate surface area is 120 Å². The molecule has 2 amide bonds. The lowest BCUT2D eigenvalue weighted by Crippen LogP contribution is -2.38. The molecular weight excluding hydrogens is 312 g/mol. The third-order valence-electron chi connectivity index (χ3n) is 2.38. The Morgan fingerprint density at radius 3 is 2.63 bits per heavy atom. The van der Waals surface area contributed by atoms with Crippen molar-refractivity contribution in [2.24, 2.45) is 0 Å². The molecular formula is C13H17BrN2O3. The average molecular weight is 329 g/mol. The molecule has 0 saturated heterocycles. The van der Waals surface area contributed by atoms with Crippen molar-refractivity contribution in [1.82, 2.24) is 10.6 Å². The van der Waals surface area contributed by atoms with Crippen LogP contribution in [0.4, 0.5) is 0 Å². The molecule has 0 bridgehead atoms. The molecule has 0 fully saturated rings. The van der Waals surface area contributed by atoms with Crippen LogP contribution in [0.5, 0.6) is 0 Å². The summed E-state index contributed by atoms with van der Waals surface area (Å²) in [6, 6.07) is 7.49. The first-order chi connectivity index (χ1) is 9.13. The number of rotatable bonds is 7. The molecule has 0 unspecified atom stereocenters. The fourth-order valence-corrected chi connectivity index (χ4v) is 1.84. The highest BCUT2D eigenvalue weighted by molar-refractivity contribution is 9.10. The Hall–Kier alpha value is -1.40. The number of benzene rings is 1. The highest BCUT2D eigenvalue weighted by atomic mass is 79.9. The van der Waals surface area contributed by atoms with E-state index in [0.29, 0.717) is 13.2 Å². The Kier molecular flexibility index (Phi) is 7.14. The van der Waals surface area contributed by atoms with Crippen molar-refractivity contribution in [2.75, 3.05) is 26.8 Å². The highest BCUT2D eigenvalue weighted by Crippen LogP contribution is 2.15. The molecule has 0 aromatic heterocycles. The van der Waals surface area contributed by atoms with Gasteiger partial charge in [-0.15, -0.1) is 0 Å². The van der Waals surface area contributed by atoms with E-state index in [2.05, 4.69) is 26.6 Å². The Morgan fingerprint density at radius 1 is 1.21 bits per heavy atom. The van der Waals surface area contributed by atoms with Gasteiger partial charge in [-0.25, -0.2) is 0 Å². The van der Waals surface area contributed by atoms with Gasteiger partial charge < -0.3 is 15.4 Å². The summed E-state index contributed by atoms with van der Waals surface area (Å²) in [5, 5.41) is 5.20. The molecule has 0 radical (unpaired) electrons. The molecule has 6 heteroatoms. The highest BCUT2D eigenvalue weighted by Gasteiger charge is 2.07. The fraction of sp³-hybridized carbons (Fsp3) is 0.385. The molecule has 1 aromatic rings. The minimum absolute atomic E-state index is 0.0208. The van der Waals surface area contributed by atoms with Gasteiger partial charge in [0.1, 0.15) is 0 Å². The number of carbonyl (C=O) groups excluding carboxylic acids is 2. The number of methoxy groups -OCH3 is 1. The zero-order chi connectivity index (χ0) is 14.1. The minimum atomic E-state index is -0.225. The number of hydrogen-bond donors (Lipinski definition) is 2. The quantitative estimate of drug-likeness (QED) is 0.730. The molecule has 0 aliphatic heterocycles. The molecule has 0 aliphatic rings. The van der Waals surface area contributed by atoms with E-state index < -0.39 is 0 Å². The monoisotopic (exact) mass is 328 g/mol. The lowest BCUT2D eigenvalue weighted by atomic mass is 10.1. The van der Waals surface area contributed by atoms with Gasteiger partial charge in [-0.05, 0) is 11.6 Å². The van der Waals surface area contributed by atoms with Crippen LogP contribution in [0.2, 0.25) is 0 Å². The van der Waals surface area contributed by atoms with E-state index in [1.807, 2.05) is 24.3 Å². The van der Waals surface area contributed by atoms with Gasteiger partial charge in [-0.2, -0.15) is 0 Å². The number of hydrogen-bond acceptors (Lipinski definition) is 3. The van der Waals surface area contributed by atoms with Crippen LogP contribution in [-0.2, 0) is 20.7 Å². The first-order valence-electron chi connectivity index (χ1n) is 5.89. The van der Waals surface area contributed by atoms with Crippen molar-refractivity contribution in [1.29, 1.82) is 0 Å². The van der Waals surface area contributed by atoms with Crippen LogP contribution >= 0.6 is 15.9 Å². The third kappa shape index (κ3) is 6.35. The summed E-state index contributed by atoms with van der Waals surface area (Å²) in [5.41, 5.74) is 0.889. The van der Waals surface area contributed by atoms with E-state index in [0.717, 1.165) is 10.0 Å². The summed E-state index contributed by atoms with van der Waals surface area (Å²) in [4.78, 5) is 23.0. The zero-order valence-corrected chi connectivity index (χ0v) is 12.3. The normalized spacial score (nSPS) is 10.0. The lowest BCUT2D eigenvalue weighted by Gasteiger charge is -2.07. The SMILES string of the molecule is COCCNC(=O)CNC(=O)Cc1ccccc1Br. The van der Waals surface area contributed by atoms with Crippen LogP contribution < -0.4 is 10.6 Å². The molecule has 19 heavy (non-hydrogen) atoms. The van der Waals surface area contributed by atoms with E-state index in [9.17, 15) is 9.59 Å². The van der Waals surface area contributed by atoms with Gasteiger partial charge in [-0.1, -0.05) is 34.1 Å². The van der Waals surface area contributed by atoms with Crippen LogP contribution in [0.1, 0.15) is 5.56 Å². The summed E-state index contributed by atoms with van der Waals surface area (Å²) in [7, 11) is 1.56. The van der Waals surface area contributed by atoms with Crippen molar-refractivity contribution in [2.45, 2.75) is 6.42 Å². The van der Waals surface area contributed by atoms with Crippen molar-refractivity contribution in [3.05, 3.63) is 34.3 Å². The van der Waals surface area contributed by atoms with Gasteiger partial charge in [0.15, 0.2) is 0 Å². The van der Waals surface area contributed by atoms with Gasteiger partial charge in [0, 0.05) is 18.1 Å². The summed E-state index contributed by atoms with van der Waals surface area (Å²) in [6.07, 6.45) is 0.243. The maximum atomic E-state index is 11.7. The Balaban J connectivity index is 2.28. The molecule has 0 heterocycles. The third-order valence-corrected chi connectivity index (χ3v) is 3.16. The van der Waals surface area contributed by atoms with Crippen molar-refractivity contribution in [3.8, 4) is 0 Å². The molecule has 5 nitrogen and oxygen atoms in total. The van der Waals surface area contributed by atoms with Crippen molar-refractivity contribution >= 4 is 27.7 Å². The largest absolute Gasteiger partial charge is 0.383 e. The zero-order valence-electron chi connectivity index (χ0n) is 10.7. The van der Waals surface area contributed by atoms with Crippen LogP contribution in [-0.4, -0.2) is 38.6 Å². The Bertz CT molecular complexity index is 438. The predicted molar refractivity (Wildman–Crippen MR) is 75.7 cm³/mol. The average Bonchev–Trinajstić information content (AvgIpc) is 2.39. The van der Waals surface area contributed by atoms with E-state index in [1.165, 1.54) is 0 Å². The maximum absolute atomic E-state index is 11.7. The number of nitrogens with one attached hydrogen (secondary N) is 2. The maximum Gasteiger partial charge on any atom is 0.239 e. The standard InChI is InChI=1S/C13H17BrN2O3/c1-19-7-6-15-13(18)9-16-12(17)8-10-4-2-3-5-11(10)14/h2-5H,6-9H2,1H3,(H,15,18)(H,16,17). The van der Waals surface area contributed by atoms with Gasteiger partial charge in [0.05, 0.1) is 19.6 Å². The summed E-state index contributed by atoms with van der Waals surface area (Å²) < 4.78 is 5.69. The molecule has 0 spiro atoms. The smallest absolute Gasteiger partial charge is 0.239 e. The molecule has 1 aromatic carbocycles. The molecule has 0 aliphatic carbocycles. The first kappa shape index (κ1) is 15.7. The van der Waals surface area contributed by atoms with Crippen LogP contribution in [0, 0.1) is 0 Å². The summed E-state index contributed by atoms with van der Waals surface area (Å²) >= 11 is 3.37. The second-order valence-electron chi connectivity index (χ2n) is 3.89. The Morgan fingerprint density at radius 2 is 1.95 bits per heavy atom. The predicted octanol–water partition coefficient (Wildman–Crippen LogP) is 0.870. The van der Waals surface area contributed by atoms with Gasteiger partial charge >= 0.3 is 0 Å². The van der Waals surface area contributed by atoms with Crippen LogP contribution in [0.15, 0.2) is 28.7 Å². The lowest BCUT2D eigenvalue weighted by molar-refractivity contribution is -0.125. The second kappa shape index (κ2) is 8.66. The van der Waals surface area contributed by atoms with Crippen molar-refractivity contribution in [3.63, 3.8) is 0 Å². The van der Waals surface area contributed by atoms with Gasteiger partial charge in [0.2, 0.25) is 11.8 Å². The molecule has 104 valence electrons. The molecule has 0 saturated carbocycles. The van der Waals surface area contributed by atoms with Gasteiger partial charge in [0.25, 0.3) is 0 Å². The van der Waals surface area contributed by atoms with E-state index in [1.54, 1.807) is 7.11 Å². The van der Waals surface area contributed by atoms with E-state index in [-0.39, 0.29) is 24.8 Å². The van der Waals surface area contributed by atoms with Crippen molar-refractivity contribution < 1.29 is 14.3 Å². The summed E-state index contributed by atoms with van der Waals surface area (Å²) in [5.74, 6) is -0.411. The molecule has 0 atom stereocenters. The fourth-order valence-electron chi connectivity index (χ4n) is 1.41. The van der Waals surface area contributed by atoms with E-state index >= 15 is 0 Å². The van der Waals surface area contributed by atoms with Crippen LogP contribution in [0.25, 0.3) is 0 Å². The minimum Gasteiger partial charge on any atom is -0.383 e. The number of ether oxygens (including phenoxy) is 1. The van der Waals surface area contributed by atoms with Gasteiger partial charge in [-0.3, -0.25) is 9.59 Å². The molecule has 1 rings (SSSR count). The number of amides is 2.